The molecule has 0 radical (unpaired) electrons. The highest BCUT2D eigenvalue weighted by atomic mass is 14.9. The summed E-state index contributed by atoms with van der Waals surface area (Å²) in [5.41, 5.74) is 4.62. The van der Waals surface area contributed by atoms with E-state index in [1.54, 1.807) is 6.20 Å². The van der Waals surface area contributed by atoms with Crippen molar-refractivity contribution >= 4 is 11.4 Å². The summed E-state index contributed by atoms with van der Waals surface area (Å²) in [6.45, 7) is 0. The lowest BCUT2D eigenvalue weighted by molar-refractivity contribution is 1.16. The predicted molar refractivity (Wildman–Crippen MR) is 81.0 cm³/mol. The molecule has 0 aliphatic heterocycles. The summed E-state index contributed by atoms with van der Waals surface area (Å²) in [5.74, 6) is 0. The van der Waals surface area contributed by atoms with E-state index in [1.165, 1.54) is 11.1 Å². The van der Waals surface area contributed by atoms with E-state index in [-0.39, 0.29) is 0 Å². The van der Waals surface area contributed by atoms with Crippen LogP contribution in [0, 0.1) is 0 Å². The van der Waals surface area contributed by atoms with Gasteiger partial charge >= 0.3 is 0 Å². The number of anilines is 2. The Balaban J connectivity index is 1.69. The molecule has 0 amide bonds. The van der Waals surface area contributed by atoms with Crippen molar-refractivity contribution in [2.24, 2.45) is 0 Å². The first-order valence-corrected chi connectivity index (χ1v) is 6.55. The molecule has 0 saturated carbocycles. The number of nitrogens with one attached hydrogen (secondary N) is 1. The zero-order valence-electron chi connectivity index (χ0n) is 11.0. The van der Waals surface area contributed by atoms with Crippen LogP contribution in [-0.4, -0.2) is 9.97 Å². The third-order valence-electron chi connectivity index (χ3n) is 3.06. The van der Waals surface area contributed by atoms with Crippen LogP contribution < -0.4 is 5.32 Å². The normalized spacial score (nSPS) is 10.2. The van der Waals surface area contributed by atoms with Gasteiger partial charge in [0.25, 0.3) is 0 Å². The molecule has 98 valence electrons. The molecule has 3 nitrogen and oxygen atoms in total. The van der Waals surface area contributed by atoms with E-state index in [0.717, 1.165) is 17.8 Å². The highest BCUT2D eigenvalue weighted by Crippen LogP contribution is 2.17. The van der Waals surface area contributed by atoms with E-state index in [1.807, 2.05) is 42.9 Å². The molecule has 0 aliphatic rings. The summed E-state index contributed by atoms with van der Waals surface area (Å²) in [4.78, 5) is 8.12. The van der Waals surface area contributed by atoms with Crippen LogP contribution in [0.4, 0.5) is 11.4 Å². The molecule has 0 fully saturated rings. The van der Waals surface area contributed by atoms with Crippen LogP contribution >= 0.6 is 0 Å². The van der Waals surface area contributed by atoms with Gasteiger partial charge in [0.1, 0.15) is 0 Å². The third kappa shape index (κ3) is 3.20. The minimum atomic E-state index is 0.926. The van der Waals surface area contributed by atoms with Crippen molar-refractivity contribution in [1.29, 1.82) is 0 Å². The maximum atomic E-state index is 4.09. The highest BCUT2D eigenvalue weighted by molar-refractivity contribution is 5.58. The van der Waals surface area contributed by atoms with Gasteiger partial charge in [0.05, 0.1) is 11.9 Å². The second-order valence-electron chi connectivity index (χ2n) is 4.60. The van der Waals surface area contributed by atoms with Crippen LogP contribution in [0.2, 0.25) is 0 Å². The molecule has 0 atom stereocenters. The smallest absolute Gasteiger partial charge is 0.0570 e. The Morgan fingerprint density at radius 2 is 1.45 bits per heavy atom. The van der Waals surface area contributed by atoms with Gasteiger partial charge in [0, 0.05) is 24.3 Å². The second-order valence-corrected chi connectivity index (χ2v) is 4.60. The average molecular weight is 261 g/mol. The number of aromatic nitrogens is 2. The minimum Gasteiger partial charge on any atom is -0.354 e. The summed E-state index contributed by atoms with van der Waals surface area (Å²) < 4.78 is 0. The molecular formula is C17H15N3. The molecule has 3 aromatic rings. The molecule has 3 heteroatoms. The Kier molecular flexibility index (Phi) is 3.69. The standard InChI is InChI=1S/C17H15N3/c1-2-17(13-19-9-1)20-16-5-3-14(4-6-16)12-15-7-10-18-11-8-15/h1-11,13,20H,12H2. The number of rotatable bonds is 4. The highest BCUT2D eigenvalue weighted by Gasteiger charge is 1.98. The SMILES string of the molecule is c1cncc(Nc2ccc(Cc3ccncc3)cc2)c1. The van der Waals surface area contributed by atoms with Gasteiger partial charge in [-0.25, -0.2) is 0 Å². The van der Waals surface area contributed by atoms with Gasteiger partial charge in [-0.1, -0.05) is 12.1 Å². The van der Waals surface area contributed by atoms with Gasteiger partial charge in [-0.2, -0.15) is 0 Å². The molecule has 0 saturated heterocycles. The van der Waals surface area contributed by atoms with Gasteiger partial charge in [-0.15, -0.1) is 0 Å². The fourth-order valence-electron chi connectivity index (χ4n) is 2.05. The number of nitrogens with zero attached hydrogens (tertiary/aromatic N) is 2. The predicted octanol–water partition coefficient (Wildman–Crippen LogP) is 3.81. The van der Waals surface area contributed by atoms with Crippen LogP contribution in [0.25, 0.3) is 0 Å². The van der Waals surface area contributed by atoms with Crippen molar-refractivity contribution in [1.82, 2.24) is 9.97 Å². The van der Waals surface area contributed by atoms with Crippen molar-refractivity contribution in [3.63, 3.8) is 0 Å². The molecule has 20 heavy (non-hydrogen) atoms. The minimum absolute atomic E-state index is 0.926. The molecule has 3 rings (SSSR count). The maximum absolute atomic E-state index is 4.09. The lowest BCUT2D eigenvalue weighted by Gasteiger charge is -2.07. The molecule has 2 heterocycles. The fourth-order valence-corrected chi connectivity index (χ4v) is 2.05. The van der Waals surface area contributed by atoms with Crippen molar-refractivity contribution in [2.75, 3.05) is 5.32 Å². The Morgan fingerprint density at radius 3 is 2.15 bits per heavy atom. The Labute approximate surface area is 118 Å². The van der Waals surface area contributed by atoms with E-state index in [9.17, 15) is 0 Å². The zero-order chi connectivity index (χ0) is 13.6. The number of hydrogen-bond acceptors (Lipinski definition) is 3. The van der Waals surface area contributed by atoms with E-state index in [0.29, 0.717) is 0 Å². The Morgan fingerprint density at radius 1 is 0.700 bits per heavy atom. The number of hydrogen-bond donors (Lipinski definition) is 1. The van der Waals surface area contributed by atoms with E-state index >= 15 is 0 Å². The Hall–Kier alpha value is -2.68. The van der Waals surface area contributed by atoms with E-state index < -0.39 is 0 Å². The monoisotopic (exact) mass is 261 g/mol. The van der Waals surface area contributed by atoms with Crippen molar-refractivity contribution in [2.45, 2.75) is 6.42 Å². The summed E-state index contributed by atoms with van der Waals surface area (Å²) in [5, 5.41) is 3.32. The van der Waals surface area contributed by atoms with Crippen LogP contribution in [0.5, 0.6) is 0 Å². The maximum Gasteiger partial charge on any atom is 0.0570 e. The number of pyridine rings is 2. The summed E-state index contributed by atoms with van der Waals surface area (Å²) in [6, 6.07) is 16.5. The fraction of sp³-hybridized carbons (Fsp3) is 0.0588. The quantitative estimate of drug-likeness (QED) is 0.776. The first-order chi connectivity index (χ1) is 9.90. The second kappa shape index (κ2) is 5.97. The van der Waals surface area contributed by atoms with E-state index in [4.69, 9.17) is 0 Å². The van der Waals surface area contributed by atoms with Gasteiger partial charge in [0.15, 0.2) is 0 Å². The van der Waals surface area contributed by atoms with E-state index in [2.05, 4.69) is 39.6 Å². The van der Waals surface area contributed by atoms with Crippen molar-refractivity contribution in [3.05, 3.63) is 84.4 Å². The Bertz CT molecular complexity index is 588. The van der Waals surface area contributed by atoms with Gasteiger partial charge in [-0.3, -0.25) is 9.97 Å². The molecule has 2 aromatic heterocycles. The molecule has 1 N–H and O–H groups in total. The third-order valence-corrected chi connectivity index (χ3v) is 3.06. The molecule has 0 unspecified atom stereocenters. The lowest BCUT2D eigenvalue weighted by Crippen LogP contribution is -1.92. The molecule has 0 bridgehead atoms. The van der Waals surface area contributed by atoms with Crippen molar-refractivity contribution in [3.8, 4) is 0 Å². The summed E-state index contributed by atoms with van der Waals surface area (Å²) >= 11 is 0. The van der Waals surface area contributed by atoms with Gasteiger partial charge in [0.2, 0.25) is 0 Å². The zero-order valence-corrected chi connectivity index (χ0v) is 11.0. The van der Waals surface area contributed by atoms with Gasteiger partial charge in [-0.05, 0) is 53.9 Å². The summed E-state index contributed by atoms with van der Waals surface area (Å²) in [7, 11) is 0. The topological polar surface area (TPSA) is 37.8 Å². The largest absolute Gasteiger partial charge is 0.354 e. The van der Waals surface area contributed by atoms with Crippen LogP contribution in [-0.2, 0) is 6.42 Å². The number of benzene rings is 1. The van der Waals surface area contributed by atoms with Crippen LogP contribution in [0.15, 0.2) is 73.3 Å². The molecule has 0 aliphatic carbocycles. The first kappa shape index (κ1) is 12.4. The van der Waals surface area contributed by atoms with Crippen LogP contribution in [0.3, 0.4) is 0 Å². The lowest BCUT2D eigenvalue weighted by atomic mass is 10.1. The first-order valence-electron chi connectivity index (χ1n) is 6.55. The molecular weight excluding hydrogens is 246 g/mol. The van der Waals surface area contributed by atoms with Crippen molar-refractivity contribution < 1.29 is 0 Å². The average Bonchev–Trinajstić information content (AvgIpc) is 2.51. The molecule has 0 spiro atoms. The molecule has 1 aromatic carbocycles. The summed E-state index contributed by atoms with van der Waals surface area (Å²) in [6.07, 6.45) is 8.16. The van der Waals surface area contributed by atoms with Crippen LogP contribution in [0.1, 0.15) is 11.1 Å². The van der Waals surface area contributed by atoms with Gasteiger partial charge < -0.3 is 5.32 Å².